The standard InChI is InChI=1S/C16H18BrNO4S/c1-11(13-6-4-5-7-14(13)17)18-23(19,20)12-8-9-15(21-2)16(10-12)22-3/h4-11,18H,1-3H3/t11-/m0/s1. The third-order valence-electron chi connectivity index (χ3n) is 3.37. The van der Waals surface area contributed by atoms with Crippen molar-refractivity contribution in [3.05, 3.63) is 52.5 Å². The van der Waals surface area contributed by atoms with Crippen molar-refractivity contribution in [3.8, 4) is 11.5 Å². The fraction of sp³-hybridized carbons (Fsp3) is 0.250. The molecule has 1 atom stereocenters. The molecule has 0 radical (unpaired) electrons. The van der Waals surface area contributed by atoms with E-state index in [0.717, 1.165) is 10.0 Å². The van der Waals surface area contributed by atoms with Gasteiger partial charge in [-0.2, -0.15) is 0 Å². The molecule has 2 aromatic rings. The van der Waals surface area contributed by atoms with Gasteiger partial charge >= 0.3 is 0 Å². The molecule has 23 heavy (non-hydrogen) atoms. The molecule has 0 saturated carbocycles. The lowest BCUT2D eigenvalue weighted by Crippen LogP contribution is -2.27. The van der Waals surface area contributed by atoms with Crippen molar-refractivity contribution in [2.24, 2.45) is 0 Å². The summed E-state index contributed by atoms with van der Waals surface area (Å²) in [5.41, 5.74) is 0.858. The van der Waals surface area contributed by atoms with Crippen LogP contribution in [0.5, 0.6) is 11.5 Å². The molecular weight excluding hydrogens is 382 g/mol. The van der Waals surface area contributed by atoms with Gasteiger partial charge in [-0.3, -0.25) is 0 Å². The maximum Gasteiger partial charge on any atom is 0.241 e. The van der Waals surface area contributed by atoms with E-state index >= 15 is 0 Å². The van der Waals surface area contributed by atoms with E-state index in [1.807, 2.05) is 24.3 Å². The second-order valence-electron chi connectivity index (χ2n) is 4.88. The average molecular weight is 400 g/mol. The molecule has 0 fully saturated rings. The number of nitrogens with one attached hydrogen (secondary N) is 1. The van der Waals surface area contributed by atoms with Crippen molar-refractivity contribution in [1.29, 1.82) is 0 Å². The Balaban J connectivity index is 2.30. The van der Waals surface area contributed by atoms with Crippen LogP contribution in [0.25, 0.3) is 0 Å². The lowest BCUT2D eigenvalue weighted by molar-refractivity contribution is 0.354. The number of benzene rings is 2. The normalized spacial score (nSPS) is 12.7. The van der Waals surface area contributed by atoms with Gasteiger partial charge in [-0.05, 0) is 30.7 Å². The van der Waals surface area contributed by atoms with Gasteiger partial charge in [-0.15, -0.1) is 0 Å². The topological polar surface area (TPSA) is 64.6 Å². The Hall–Kier alpha value is -1.57. The van der Waals surface area contributed by atoms with Crippen molar-refractivity contribution in [2.45, 2.75) is 17.9 Å². The van der Waals surface area contributed by atoms with E-state index in [-0.39, 0.29) is 10.9 Å². The van der Waals surface area contributed by atoms with Crippen LogP contribution in [-0.4, -0.2) is 22.6 Å². The first-order valence-corrected chi connectivity index (χ1v) is 9.15. The summed E-state index contributed by atoms with van der Waals surface area (Å²) in [5, 5.41) is 0. The van der Waals surface area contributed by atoms with Crippen molar-refractivity contribution in [1.82, 2.24) is 4.72 Å². The van der Waals surface area contributed by atoms with Crippen molar-refractivity contribution < 1.29 is 17.9 Å². The van der Waals surface area contributed by atoms with Crippen molar-refractivity contribution in [2.75, 3.05) is 14.2 Å². The molecule has 2 rings (SSSR count). The predicted octanol–water partition coefficient (Wildman–Crippen LogP) is 3.51. The summed E-state index contributed by atoms with van der Waals surface area (Å²) >= 11 is 3.43. The molecule has 5 nitrogen and oxygen atoms in total. The fourth-order valence-electron chi connectivity index (χ4n) is 2.17. The van der Waals surface area contributed by atoms with E-state index in [9.17, 15) is 8.42 Å². The third kappa shape index (κ3) is 4.04. The molecule has 0 saturated heterocycles. The first kappa shape index (κ1) is 17.8. The van der Waals surface area contributed by atoms with Gasteiger partial charge in [0.1, 0.15) is 0 Å². The van der Waals surface area contributed by atoms with E-state index in [2.05, 4.69) is 20.7 Å². The Kier molecular flexibility index (Phi) is 5.67. The van der Waals surface area contributed by atoms with Crippen molar-refractivity contribution in [3.63, 3.8) is 0 Å². The summed E-state index contributed by atoms with van der Waals surface area (Å²) in [7, 11) is -0.725. The van der Waals surface area contributed by atoms with Gasteiger partial charge in [0.15, 0.2) is 11.5 Å². The van der Waals surface area contributed by atoms with Crippen LogP contribution < -0.4 is 14.2 Å². The fourth-order valence-corrected chi connectivity index (χ4v) is 4.04. The minimum absolute atomic E-state index is 0.119. The van der Waals surface area contributed by atoms with Gasteiger partial charge in [-0.1, -0.05) is 34.1 Å². The molecule has 0 aromatic heterocycles. The summed E-state index contributed by atoms with van der Waals surface area (Å²) < 4.78 is 38.9. The van der Waals surface area contributed by atoms with Crippen LogP contribution in [0, 0.1) is 0 Å². The SMILES string of the molecule is COc1ccc(S(=O)(=O)N[C@@H](C)c2ccccc2Br)cc1OC. The molecule has 0 spiro atoms. The molecule has 0 aliphatic rings. The Labute approximate surface area is 144 Å². The van der Waals surface area contributed by atoms with Crippen LogP contribution in [0.4, 0.5) is 0 Å². The highest BCUT2D eigenvalue weighted by molar-refractivity contribution is 9.10. The molecule has 124 valence electrons. The van der Waals surface area contributed by atoms with Crippen molar-refractivity contribution >= 4 is 26.0 Å². The van der Waals surface area contributed by atoms with E-state index in [1.165, 1.54) is 26.4 Å². The van der Waals surface area contributed by atoms with Crippen LogP contribution in [-0.2, 0) is 10.0 Å². The highest BCUT2D eigenvalue weighted by Crippen LogP contribution is 2.30. The molecular formula is C16H18BrNO4S. The average Bonchev–Trinajstić information content (AvgIpc) is 2.54. The summed E-state index contributed by atoms with van der Waals surface area (Å²) in [5.74, 6) is 0.842. The Morgan fingerprint density at radius 1 is 1.04 bits per heavy atom. The van der Waals surface area contributed by atoms with Crippen LogP contribution in [0.15, 0.2) is 51.8 Å². The molecule has 2 aromatic carbocycles. The lowest BCUT2D eigenvalue weighted by Gasteiger charge is -2.17. The van der Waals surface area contributed by atoms with Crippen LogP contribution in [0.2, 0.25) is 0 Å². The molecule has 0 heterocycles. The number of sulfonamides is 1. The summed E-state index contributed by atoms with van der Waals surface area (Å²) in [6.45, 7) is 1.79. The van der Waals surface area contributed by atoms with Gasteiger partial charge < -0.3 is 9.47 Å². The van der Waals surface area contributed by atoms with E-state index in [4.69, 9.17) is 9.47 Å². The molecule has 0 bridgehead atoms. The maximum absolute atomic E-state index is 12.6. The number of rotatable bonds is 6. The second-order valence-corrected chi connectivity index (χ2v) is 7.45. The van der Waals surface area contributed by atoms with E-state index in [1.54, 1.807) is 13.0 Å². The highest BCUT2D eigenvalue weighted by atomic mass is 79.9. The molecule has 0 amide bonds. The molecule has 7 heteroatoms. The summed E-state index contributed by atoms with van der Waals surface area (Å²) in [6.07, 6.45) is 0. The number of hydrogen-bond donors (Lipinski definition) is 1. The smallest absolute Gasteiger partial charge is 0.241 e. The molecule has 0 aliphatic heterocycles. The predicted molar refractivity (Wildman–Crippen MR) is 92.4 cm³/mol. The van der Waals surface area contributed by atoms with E-state index in [0.29, 0.717) is 11.5 Å². The molecule has 0 unspecified atom stereocenters. The zero-order chi connectivity index (χ0) is 17.0. The van der Waals surface area contributed by atoms with Crippen LogP contribution >= 0.6 is 15.9 Å². The first-order valence-electron chi connectivity index (χ1n) is 6.88. The van der Waals surface area contributed by atoms with Crippen LogP contribution in [0.3, 0.4) is 0 Å². The molecule has 0 aliphatic carbocycles. The van der Waals surface area contributed by atoms with Gasteiger partial charge in [0.25, 0.3) is 0 Å². The Morgan fingerprint density at radius 2 is 1.70 bits per heavy atom. The zero-order valence-electron chi connectivity index (χ0n) is 13.0. The quantitative estimate of drug-likeness (QED) is 0.806. The number of hydrogen-bond acceptors (Lipinski definition) is 4. The van der Waals surface area contributed by atoms with Gasteiger partial charge in [-0.25, -0.2) is 13.1 Å². The van der Waals surface area contributed by atoms with Gasteiger partial charge in [0.05, 0.1) is 19.1 Å². The first-order chi connectivity index (χ1) is 10.9. The maximum atomic E-state index is 12.6. The molecule has 1 N–H and O–H groups in total. The monoisotopic (exact) mass is 399 g/mol. The largest absolute Gasteiger partial charge is 0.493 e. The van der Waals surface area contributed by atoms with Crippen LogP contribution in [0.1, 0.15) is 18.5 Å². The number of halogens is 1. The summed E-state index contributed by atoms with van der Waals surface area (Å²) in [4.78, 5) is 0.119. The lowest BCUT2D eigenvalue weighted by atomic mass is 10.1. The minimum Gasteiger partial charge on any atom is -0.493 e. The second kappa shape index (κ2) is 7.33. The Morgan fingerprint density at radius 3 is 2.30 bits per heavy atom. The highest BCUT2D eigenvalue weighted by Gasteiger charge is 2.21. The van der Waals surface area contributed by atoms with Gasteiger partial charge in [0, 0.05) is 16.6 Å². The Bertz CT molecular complexity index is 792. The number of ether oxygens (including phenoxy) is 2. The third-order valence-corrected chi connectivity index (χ3v) is 5.63. The minimum atomic E-state index is -3.69. The zero-order valence-corrected chi connectivity index (χ0v) is 15.4. The van der Waals surface area contributed by atoms with Gasteiger partial charge in [0.2, 0.25) is 10.0 Å². The number of methoxy groups -OCH3 is 2. The summed E-state index contributed by atoms with van der Waals surface area (Å²) in [6, 6.07) is 11.6. The van der Waals surface area contributed by atoms with E-state index < -0.39 is 10.0 Å².